The fourth-order valence-corrected chi connectivity index (χ4v) is 3.19. The van der Waals surface area contributed by atoms with Gasteiger partial charge in [-0.2, -0.15) is 8.42 Å². The molecular formula is C12H16N4O3S. The van der Waals surface area contributed by atoms with E-state index >= 15 is 0 Å². The lowest BCUT2D eigenvalue weighted by Gasteiger charge is -2.20. The quantitative estimate of drug-likeness (QED) is 0.772. The number of fused-ring (bicyclic) bond motifs is 1. The van der Waals surface area contributed by atoms with E-state index in [-0.39, 0.29) is 23.2 Å². The largest absolute Gasteiger partial charge is 0.349 e. The topological polar surface area (TPSA) is 82.1 Å². The molecule has 0 aliphatic carbocycles. The molecule has 0 radical (unpaired) electrons. The van der Waals surface area contributed by atoms with Crippen molar-refractivity contribution >= 4 is 21.8 Å². The highest BCUT2D eigenvalue weighted by Gasteiger charge is 2.30. The molecule has 0 spiro atoms. The molecule has 0 atom stereocenters. The first-order valence-electron chi connectivity index (χ1n) is 5.93. The van der Waals surface area contributed by atoms with Gasteiger partial charge in [0.2, 0.25) is 0 Å². The van der Waals surface area contributed by atoms with E-state index in [0.717, 1.165) is 0 Å². The minimum atomic E-state index is -3.65. The number of sulfonamides is 1. The Hall–Kier alpha value is -1.93. The zero-order chi connectivity index (χ0) is 14.9. The van der Waals surface area contributed by atoms with Crippen LogP contribution in [0.4, 0.5) is 0 Å². The van der Waals surface area contributed by atoms with Gasteiger partial charge >= 0.3 is 0 Å². The van der Waals surface area contributed by atoms with Crippen LogP contribution in [0.25, 0.3) is 0 Å². The second-order valence-corrected chi connectivity index (χ2v) is 6.24. The molecular weight excluding hydrogens is 280 g/mol. The Labute approximate surface area is 117 Å². The van der Waals surface area contributed by atoms with Crippen molar-refractivity contribution in [1.82, 2.24) is 15.3 Å². The van der Waals surface area contributed by atoms with Crippen LogP contribution in [-0.2, 0) is 14.8 Å². The van der Waals surface area contributed by atoms with Gasteiger partial charge < -0.3 is 4.90 Å². The number of benzene rings is 1. The smallest absolute Gasteiger partial charge is 0.285 e. The number of hydrogen-bond donors (Lipinski definition) is 1. The predicted octanol–water partition coefficient (Wildman–Crippen LogP) is -0.340. The molecule has 0 saturated carbocycles. The van der Waals surface area contributed by atoms with E-state index in [1.807, 2.05) is 0 Å². The summed E-state index contributed by atoms with van der Waals surface area (Å²) in [5.41, 5.74) is 3.11. The summed E-state index contributed by atoms with van der Waals surface area (Å²) >= 11 is 0. The van der Waals surface area contributed by atoms with Crippen LogP contribution in [0.15, 0.2) is 33.6 Å². The molecule has 7 nitrogen and oxygen atoms in total. The highest BCUT2D eigenvalue weighted by molar-refractivity contribution is 7.90. The van der Waals surface area contributed by atoms with Gasteiger partial charge in [0, 0.05) is 26.7 Å². The Kier molecular flexibility index (Phi) is 3.78. The second kappa shape index (κ2) is 5.22. The Bertz CT molecular complexity index is 667. The van der Waals surface area contributed by atoms with Gasteiger partial charge in [-0.25, -0.2) is 5.01 Å². The van der Waals surface area contributed by atoms with Gasteiger partial charge in [0.15, 0.2) is 5.84 Å². The van der Waals surface area contributed by atoms with Gasteiger partial charge in [-0.1, -0.05) is 12.1 Å². The zero-order valence-electron chi connectivity index (χ0n) is 11.5. The Morgan fingerprint density at radius 2 is 1.90 bits per heavy atom. The normalized spacial score (nSPS) is 15.7. The van der Waals surface area contributed by atoms with Gasteiger partial charge in [-0.05, 0) is 12.1 Å². The molecule has 8 heteroatoms. The maximum Gasteiger partial charge on any atom is 0.285 e. The first kappa shape index (κ1) is 14.5. The fraction of sp³-hybridized carbons (Fsp3) is 0.333. The number of nitrogens with one attached hydrogen (secondary N) is 1. The van der Waals surface area contributed by atoms with Crippen molar-refractivity contribution in [2.45, 2.75) is 4.90 Å². The highest BCUT2D eigenvalue weighted by Crippen LogP contribution is 2.26. The third-order valence-electron chi connectivity index (χ3n) is 2.70. The molecule has 1 aromatic carbocycles. The van der Waals surface area contributed by atoms with E-state index in [9.17, 15) is 13.2 Å². The second-order valence-electron chi connectivity index (χ2n) is 4.67. The SMILES string of the molecule is CN(C)NC(=O)CN(C)C1=NS(=O)(=O)c2ccccc21. The van der Waals surface area contributed by atoms with Crippen LogP contribution in [0.5, 0.6) is 0 Å². The number of rotatable bonds is 3. The molecule has 0 bridgehead atoms. The van der Waals surface area contributed by atoms with Crippen LogP contribution in [0, 0.1) is 0 Å². The standard InChI is InChI=1S/C12H16N4O3S/c1-15(2)13-11(17)8-16(3)12-9-6-4-5-7-10(9)20(18,19)14-12/h4-7H,8H2,1-3H3,(H,13,17). The average molecular weight is 296 g/mol. The van der Waals surface area contributed by atoms with E-state index in [2.05, 4.69) is 9.82 Å². The van der Waals surface area contributed by atoms with Crippen LogP contribution in [-0.4, -0.2) is 57.8 Å². The number of hydrogen-bond acceptors (Lipinski definition) is 5. The number of carbonyl (C=O) groups is 1. The van der Waals surface area contributed by atoms with Crippen LogP contribution < -0.4 is 5.43 Å². The van der Waals surface area contributed by atoms with Crippen LogP contribution >= 0.6 is 0 Å². The molecule has 1 amide bonds. The number of hydrazine groups is 1. The summed E-state index contributed by atoms with van der Waals surface area (Å²) in [5.74, 6) is 0.0384. The van der Waals surface area contributed by atoms with Crippen LogP contribution in [0.2, 0.25) is 0 Å². The Balaban J connectivity index is 2.24. The summed E-state index contributed by atoms with van der Waals surface area (Å²) in [4.78, 5) is 13.4. The van der Waals surface area contributed by atoms with Gasteiger partial charge in [0.05, 0.1) is 6.54 Å². The monoisotopic (exact) mass is 296 g/mol. The van der Waals surface area contributed by atoms with Gasteiger partial charge in [0.25, 0.3) is 15.9 Å². The Morgan fingerprint density at radius 3 is 2.55 bits per heavy atom. The lowest BCUT2D eigenvalue weighted by atomic mass is 10.2. The van der Waals surface area contributed by atoms with Gasteiger partial charge in [-0.15, -0.1) is 4.40 Å². The first-order valence-corrected chi connectivity index (χ1v) is 7.37. The lowest BCUT2D eigenvalue weighted by Crippen LogP contribution is -2.43. The minimum absolute atomic E-state index is 0.0147. The molecule has 0 unspecified atom stereocenters. The number of likely N-dealkylation sites (N-methyl/N-ethyl adjacent to an activating group) is 1. The molecule has 1 aliphatic heterocycles. The van der Waals surface area contributed by atoms with E-state index < -0.39 is 10.0 Å². The summed E-state index contributed by atoms with van der Waals surface area (Å²) in [6.45, 7) is 0.0147. The number of nitrogens with zero attached hydrogens (tertiary/aromatic N) is 3. The fourth-order valence-electron chi connectivity index (χ4n) is 1.94. The molecule has 2 rings (SSSR count). The zero-order valence-corrected chi connectivity index (χ0v) is 12.3. The van der Waals surface area contributed by atoms with E-state index in [1.54, 1.807) is 39.3 Å². The highest BCUT2D eigenvalue weighted by atomic mass is 32.2. The number of amidine groups is 1. The van der Waals surface area contributed by atoms with Gasteiger partial charge in [-0.3, -0.25) is 10.2 Å². The molecule has 0 saturated heterocycles. The maximum atomic E-state index is 11.9. The van der Waals surface area contributed by atoms with Crippen molar-refractivity contribution in [2.75, 3.05) is 27.7 Å². The van der Waals surface area contributed by atoms with Crippen molar-refractivity contribution in [3.63, 3.8) is 0 Å². The molecule has 20 heavy (non-hydrogen) atoms. The van der Waals surface area contributed by atoms with Crippen molar-refractivity contribution in [1.29, 1.82) is 0 Å². The van der Waals surface area contributed by atoms with Crippen molar-refractivity contribution in [3.05, 3.63) is 29.8 Å². The molecule has 1 aliphatic rings. The molecule has 1 aromatic rings. The molecule has 0 aromatic heterocycles. The third-order valence-corrected chi connectivity index (χ3v) is 4.03. The summed E-state index contributed by atoms with van der Waals surface area (Å²) in [6.07, 6.45) is 0. The average Bonchev–Trinajstić information content (AvgIpc) is 2.61. The van der Waals surface area contributed by atoms with E-state index in [1.165, 1.54) is 16.0 Å². The molecule has 1 heterocycles. The molecule has 0 fully saturated rings. The molecule has 1 N–H and O–H groups in total. The van der Waals surface area contributed by atoms with Gasteiger partial charge in [0.1, 0.15) is 4.90 Å². The van der Waals surface area contributed by atoms with E-state index in [4.69, 9.17) is 0 Å². The Morgan fingerprint density at radius 1 is 1.25 bits per heavy atom. The van der Waals surface area contributed by atoms with E-state index in [0.29, 0.717) is 5.56 Å². The van der Waals surface area contributed by atoms with Crippen molar-refractivity contribution in [3.8, 4) is 0 Å². The number of amides is 1. The van der Waals surface area contributed by atoms with Crippen LogP contribution in [0.3, 0.4) is 0 Å². The van der Waals surface area contributed by atoms with Crippen LogP contribution in [0.1, 0.15) is 5.56 Å². The summed E-state index contributed by atoms with van der Waals surface area (Å²) in [6, 6.07) is 6.57. The summed E-state index contributed by atoms with van der Waals surface area (Å²) in [5, 5.41) is 1.53. The summed E-state index contributed by atoms with van der Waals surface area (Å²) < 4.78 is 27.6. The van der Waals surface area contributed by atoms with Crippen molar-refractivity contribution in [2.24, 2.45) is 4.40 Å². The maximum absolute atomic E-state index is 11.9. The third kappa shape index (κ3) is 2.81. The van der Waals surface area contributed by atoms with Crippen molar-refractivity contribution < 1.29 is 13.2 Å². The summed E-state index contributed by atoms with van der Waals surface area (Å²) in [7, 11) is 1.37. The predicted molar refractivity (Wildman–Crippen MR) is 74.6 cm³/mol. The first-order chi connectivity index (χ1) is 9.31. The minimum Gasteiger partial charge on any atom is -0.349 e. The number of carbonyl (C=O) groups excluding carboxylic acids is 1. The molecule has 108 valence electrons. The lowest BCUT2D eigenvalue weighted by molar-refractivity contribution is -0.124.